The van der Waals surface area contributed by atoms with Crippen molar-refractivity contribution in [3.63, 3.8) is 0 Å². The van der Waals surface area contributed by atoms with Gasteiger partial charge in [-0.05, 0) is 12.1 Å². The summed E-state index contributed by atoms with van der Waals surface area (Å²) in [4.78, 5) is 11.9. The summed E-state index contributed by atoms with van der Waals surface area (Å²) in [6.07, 6.45) is -4.37. The molecule has 0 atom stereocenters. The van der Waals surface area contributed by atoms with Crippen LogP contribution in [-0.2, 0) is 4.74 Å². The first-order valence-electron chi connectivity index (χ1n) is 6.14. The van der Waals surface area contributed by atoms with Crippen molar-refractivity contribution < 1.29 is 22.7 Å². The van der Waals surface area contributed by atoms with Gasteiger partial charge in [-0.3, -0.25) is 4.79 Å². The Morgan fingerprint density at radius 3 is 2.71 bits per heavy atom. The fraction of sp³-hybridized carbons (Fsp3) is 0.357. The van der Waals surface area contributed by atoms with Gasteiger partial charge in [0.1, 0.15) is 6.61 Å². The molecule has 0 aliphatic heterocycles. The quantitative estimate of drug-likeness (QED) is 0.636. The first kappa shape index (κ1) is 17.0. The maximum atomic E-state index is 11.9. The molecule has 0 unspecified atom stereocenters. The van der Waals surface area contributed by atoms with Gasteiger partial charge in [0.25, 0.3) is 5.91 Å². The molecule has 0 aliphatic carbocycles. The lowest BCUT2D eigenvalue weighted by Crippen LogP contribution is -2.29. The van der Waals surface area contributed by atoms with Crippen LogP contribution >= 0.6 is 0 Å². The molecule has 0 aliphatic rings. The second kappa shape index (κ2) is 8.29. The average Bonchev–Trinajstić information content (AvgIpc) is 2.43. The summed E-state index contributed by atoms with van der Waals surface area (Å²) >= 11 is 0. The first-order chi connectivity index (χ1) is 9.94. The Labute approximate surface area is 120 Å². The highest BCUT2D eigenvalue weighted by Gasteiger charge is 2.27. The summed E-state index contributed by atoms with van der Waals surface area (Å²) in [5.41, 5.74) is 6.12. The van der Waals surface area contributed by atoms with E-state index in [4.69, 9.17) is 5.73 Å². The molecule has 7 heteroatoms. The average molecular weight is 300 g/mol. The molecule has 3 N–H and O–H groups in total. The lowest BCUT2D eigenvalue weighted by atomic mass is 10.1. The lowest BCUT2D eigenvalue weighted by molar-refractivity contribution is -0.173. The minimum absolute atomic E-state index is 0.0203. The van der Waals surface area contributed by atoms with Gasteiger partial charge in [0.15, 0.2) is 0 Å². The van der Waals surface area contributed by atoms with Crippen LogP contribution < -0.4 is 11.1 Å². The van der Waals surface area contributed by atoms with E-state index in [1.165, 1.54) is 0 Å². The van der Waals surface area contributed by atoms with E-state index in [9.17, 15) is 18.0 Å². The highest BCUT2D eigenvalue weighted by molar-refractivity contribution is 5.96. The lowest BCUT2D eigenvalue weighted by Gasteiger charge is -2.09. The number of amides is 1. The summed E-state index contributed by atoms with van der Waals surface area (Å²) in [5.74, 6) is 4.98. The second-order valence-corrected chi connectivity index (χ2v) is 3.98. The molecular formula is C14H15F3N2O2. The monoisotopic (exact) mass is 300 g/mol. The van der Waals surface area contributed by atoms with Crippen LogP contribution in [0.1, 0.15) is 15.9 Å². The molecule has 1 rings (SSSR count). The molecule has 0 radical (unpaired) electrons. The van der Waals surface area contributed by atoms with E-state index in [1.807, 2.05) is 0 Å². The number of hydrogen-bond acceptors (Lipinski definition) is 3. The number of carbonyl (C=O) groups excluding carboxylic acids is 1. The Hall–Kier alpha value is -2.04. The van der Waals surface area contributed by atoms with Gasteiger partial charge in [-0.15, -0.1) is 0 Å². The number of ether oxygens (including phenoxy) is 1. The third kappa shape index (κ3) is 6.79. The molecule has 0 saturated heterocycles. The van der Waals surface area contributed by atoms with Gasteiger partial charge in [0.05, 0.1) is 18.7 Å². The topological polar surface area (TPSA) is 64.4 Å². The van der Waals surface area contributed by atoms with E-state index in [2.05, 4.69) is 21.9 Å². The van der Waals surface area contributed by atoms with Crippen LogP contribution in [0.25, 0.3) is 0 Å². The number of nitrogens with two attached hydrogens (primary N) is 1. The minimum atomic E-state index is -4.37. The van der Waals surface area contributed by atoms with Crippen LogP contribution in [0.2, 0.25) is 0 Å². The molecule has 0 aromatic heterocycles. The first-order valence-corrected chi connectivity index (χ1v) is 6.14. The van der Waals surface area contributed by atoms with Crippen LogP contribution in [-0.4, -0.2) is 38.4 Å². The van der Waals surface area contributed by atoms with E-state index >= 15 is 0 Å². The molecule has 0 bridgehead atoms. The third-order valence-electron chi connectivity index (χ3n) is 2.29. The van der Waals surface area contributed by atoms with Gasteiger partial charge >= 0.3 is 6.18 Å². The molecule has 4 nitrogen and oxygen atoms in total. The van der Waals surface area contributed by atoms with E-state index < -0.39 is 18.7 Å². The standard InChI is InChI=1S/C14H15F3N2O2/c15-14(16,17)10-21-9-8-19-13(20)12-6-2-1-4-11(12)5-3-7-18/h1-2,4,6H,7-10,18H2,(H,19,20). The molecule has 1 amide bonds. The van der Waals surface area contributed by atoms with Crippen molar-refractivity contribution in [2.45, 2.75) is 6.18 Å². The zero-order valence-electron chi connectivity index (χ0n) is 11.2. The predicted octanol–water partition coefficient (Wildman–Crippen LogP) is 1.31. The molecule has 0 saturated carbocycles. The summed E-state index contributed by atoms with van der Waals surface area (Å²) in [5, 5.41) is 2.47. The van der Waals surface area contributed by atoms with Crippen molar-refractivity contribution in [1.29, 1.82) is 0 Å². The molecule has 0 spiro atoms. The number of hydrogen-bond donors (Lipinski definition) is 2. The number of benzene rings is 1. The smallest absolute Gasteiger partial charge is 0.370 e. The third-order valence-corrected chi connectivity index (χ3v) is 2.29. The molecule has 114 valence electrons. The summed E-state index contributed by atoms with van der Waals surface area (Å²) in [6, 6.07) is 6.64. The Kier molecular flexibility index (Phi) is 6.72. The number of halogens is 3. The predicted molar refractivity (Wildman–Crippen MR) is 71.6 cm³/mol. The van der Waals surface area contributed by atoms with E-state index in [-0.39, 0.29) is 19.7 Å². The number of nitrogens with one attached hydrogen (secondary N) is 1. The summed E-state index contributed by atoms with van der Waals surface area (Å²) in [6.45, 7) is -1.40. The SMILES string of the molecule is NCC#Cc1ccccc1C(=O)NCCOCC(F)(F)F. The van der Waals surface area contributed by atoms with Crippen LogP contribution in [0.15, 0.2) is 24.3 Å². The maximum Gasteiger partial charge on any atom is 0.411 e. The summed E-state index contributed by atoms with van der Waals surface area (Å²) in [7, 11) is 0. The van der Waals surface area contributed by atoms with Crippen LogP contribution in [0, 0.1) is 11.8 Å². The Bertz CT molecular complexity index is 533. The highest BCUT2D eigenvalue weighted by Crippen LogP contribution is 2.14. The fourth-order valence-electron chi connectivity index (χ4n) is 1.46. The highest BCUT2D eigenvalue weighted by atomic mass is 19.4. The summed E-state index contributed by atoms with van der Waals surface area (Å²) < 4.78 is 39.9. The molecule has 21 heavy (non-hydrogen) atoms. The zero-order chi connectivity index (χ0) is 15.7. The Balaban J connectivity index is 2.49. The van der Waals surface area contributed by atoms with Crippen molar-refractivity contribution >= 4 is 5.91 Å². The van der Waals surface area contributed by atoms with Gasteiger partial charge in [0, 0.05) is 12.1 Å². The van der Waals surface area contributed by atoms with Crippen molar-refractivity contribution in [2.75, 3.05) is 26.3 Å². The van der Waals surface area contributed by atoms with Gasteiger partial charge in [-0.2, -0.15) is 13.2 Å². The van der Waals surface area contributed by atoms with E-state index in [0.29, 0.717) is 11.1 Å². The molecule has 0 heterocycles. The number of carbonyl (C=O) groups is 1. The molecule has 1 aromatic rings. The fourth-order valence-corrected chi connectivity index (χ4v) is 1.46. The number of alkyl halides is 3. The molecule has 0 fully saturated rings. The van der Waals surface area contributed by atoms with Gasteiger partial charge in [-0.25, -0.2) is 0 Å². The largest absolute Gasteiger partial charge is 0.411 e. The van der Waals surface area contributed by atoms with Crippen LogP contribution in [0.4, 0.5) is 13.2 Å². The molecule has 1 aromatic carbocycles. The van der Waals surface area contributed by atoms with E-state index in [1.54, 1.807) is 24.3 Å². The minimum Gasteiger partial charge on any atom is -0.370 e. The normalized spacial score (nSPS) is 10.7. The second-order valence-electron chi connectivity index (χ2n) is 3.98. The number of rotatable bonds is 5. The molecular weight excluding hydrogens is 285 g/mol. The van der Waals surface area contributed by atoms with Gasteiger partial charge in [0.2, 0.25) is 0 Å². The van der Waals surface area contributed by atoms with Gasteiger partial charge < -0.3 is 15.8 Å². The van der Waals surface area contributed by atoms with Gasteiger partial charge in [-0.1, -0.05) is 24.0 Å². The van der Waals surface area contributed by atoms with Crippen molar-refractivity contribution in [2.24, 2.45) is 5.73 Å². The van der Waals surface area contributed by atoms with Crippen LogP contribution in [0.3, 0.4) is 0 Å². The zero-order valence-corrected chi connectivity index (χ0v) is 11.2. The van der Waals surface area contributed by atoms with E-state index in [0.717, 1.165) is 0 Å². The van der Waals surface area contributed by atoms with Crippen molar-refractivity contribution in [3.05, 3.63) is 35.4 Å². The van der Waals surface area contributed by atoms with Crippen molar-refractivity contribution in [3.8, 4) is 11.8 Å². The Morgan fingerprint density at radius 1 is 1.33 bits per heavy atom. The van der Waals surface area contributed by atoms with Crippen LogP contribution in [0.5, 0.6) is 0 Å². The maximum absolute atomic E-state index is 11.9. The Morgan fingerprint density at radius 2 is 2.05 bits per heavy atom. The van der Waals surface area contributed by atoms with Crippen molar-refractivity contribution in [1.82, 2.24) is 5.32 Å².